The molecule has 2 unspecified atom stereocenters. The lowest BCUT2D eigenvalue weighted by molar-refractivity contribution is -0.144. The molecule has 0 aromatic heterocycles. The van der Waals surface area contributed by atoms with Crippen LogP contribution in [-0.4, -0.2) is 64.4 Å². The molecule has 0 aromatic rings. The van der Waals surface area contributed by atoms with Crippen molar-refractivity contribution in [3.8, 4) is 0 Å². The van der Waals surface area contributed by atoms with Crippen molar-refractivity contribution in [1.82, 2.24) is 0 Å². The topological polar surface area (TPSA) is 113 Å². The highest BCUT2D eigenvalue weighted by Gasteiger charge is 2.65. The Labute approximate surface area is 174 Å². The molecule has 0 amide bonds. The molecule has 0 N–H and O–H groups in total. The van der Waals surface area contributed by atoms with E-state index in [0.29, 0.717) is 12.8 Å². The molecule has 0 radical (unpaired) electrons. The number of carbonyl (C=O) groups excluding carboxylic acids is 3. The van der Waals surface area contributed by atoms with Gasteiger partial charge in [0.05, 0.1) is 25.4 Å². The second-order valence-electron chi connectivity index (χ2n) is 8.64. The summed E-state index contributed by atoms with van der Waals surface area (Å²) in [6, 6.07) is 0. The Morgan fingerprint density at radius 2 is 1.69 bits per heavy atom. The monoisotopic (exact) mass is 450 g/mol. The maximum absolute atomic E-state index is 12.9. The normalized spacial score (nSPS) is 26.1. The average Bonchev–Trinajstić information content (AvgIpc) is 2.93. The van der Waals surface area contributed by atoms with Crippen molar-refractivity contribution in [2.75, 3.05) is 38.2 Å². The van der Waals surface area contributed by atoms with Gasteiger partial charge in [0.15, 0.2) is 0 Å². The van der Waals surface area contributed by atoms with Gasteiger partial charge in [-0.1, -0.05) is 19.9 Å². The molecule has 166 valence electrons. The molecular weight excluding hydrogens is 420 g/mol. The van der Waals surface area contributed by atoms with Gasteiger partial charge in [-0.05, 0) is 36.7 Å². The quantitative estimate of drug-likeness (QED) is 0.239. The molecule has 2 saturated carbocycles. The highest BCUT2D eigenvalue weighted by Crippen LogP contribution is 2.64. The number of Topliss-reactive ketones (excluding diaryl/α,β-unsaturated/α-hetero) is 1. The average molecular weight is 451 g/mol. The summed E-state index contributed by atoms with van der Waals surface area (Å²) in [4.78, 5) is 36.1. The first-order valence-corrected chi connectivity index (χ1v) is 13.4. The Morgan fingerprint density at radius 1 is 1.14 bits per heavy atom. The fourth-order valence-electron chi connectivity index (χ4n) is 4.50. The largest absolute Gasteiger partial charge is 0.465 e. The van der Waals surface area contributed by atoms with Gasteiger partial charge in [0.2, 0.25) is 0 Å². The Bertz CT molecular complexity index is 822. The molecule has 0 saturated heterocycles. The molecule has 2 fully saturated rings. The third-order valence-electron chi connectivity index (χ3n) is 6.35. The van der Waals surface area contributed by atoms with Gasteiger partial charge in [0, 0.05) is 12.2 Å². The van der Waals surface area contributed by atoms with E-state index in [1.807, 2.05) is 13.8 Å². The third kappa shape index (κ3) is 4.54. The van der Waals surface area contributed by atoms with Crippen molar-refractivity contribution in [2.45, 2.75) is 33.1 Å². The van der Waals surface area contributed by atoms with Crippen molar-refractivity contribution in [2.24, 2.45) is 16.7 Å². The molecule has 0 spiro atoms. The number of methoxy groups -OCH3 is 2. The Kier molecular flexibility index (Phi) is 6.62. The number of ketones is 1. The SMILES string of the molecule is COC(=O)C(=CCS(C)(C)OS(=O)(=O)CC12CCC(CC1=O)C2(C)C)C(=O)OC. The van der Waals surface area contributed by atoms with Crippen molar-refractivity contribution < 1.29 is 35.9 Å². The van der Waals surface area contributed by atoms with Gasteiger partial charge < -0.3 is 9.47 Å². The zero-order chi connectivity index (χ0) is 22.3. The van der Waals surface area contributed by atoms with Crippen LogP contribution in [0.25, 0.3) is 0 Å². The molecule has 2 aliphatic carbocycles. The number of rotatable bonds is 8. The van der Waals surface area contributed by atoms with E-state index in [-0.39, 0.29) is 34.2 Å². The van der Waals surface area contributed by atoms with E-state index < -0.39 is 37.8 Å². The summed E-state index contributed by atoms with van der Waals surface area (Å²) in [6.45, 7) is 3.93. The molecular formula is C19H30O8S2. The van der Waals surface area contributed by atoms with Crippen molar-refractivity contribution in [1.29, 1.82) is 0 Å². The third-order valence-corrected chi connectivity index (χ3v) is 10.5. The zero-order valence-corrected chi connectivity index (χ0v) is 19.4. The van der Waals surface area contributed by atoms with Gasteiger partial charge in [-0.3, -0.25) is 4.79 Å². The first kappa shape index (κ1) is 23.9. The van der Waals surface area contributed by atoms with Crippen LogP contribution in [0.5, 0.6) is 0 Å². The molecule has 8 nitrogen and oxygen atoms in total. The van der Waals surface area contributed by atoms with E-state index in [1.165, 1.54) is 6.08 Å². The van der Waals surface area contributed by atoms with Crippen LogP contribution in [0.2, 0.25) is 0 Å². The van der Waals surface area contributed by atoms with Crippen LogP contribution in [0.4, 0.5) is 0 Å². The van der Waals surface area contributed by atoms with Crippen molar-refractivity contribution in [3.05, 3.63) is 11.6 Å². The summed E-state index contributed by atoms with van der Waals surface area (Å²) in [5.41, 5.74) is -1.62. The van der Waals surface area contributed by atoms with Gasteiger partial charge in [0.1, 0.15) is 11.4 Å². The predicted molar refractivity (Wildman–Crippen MR) is 110 cm³/mol. The first-order valence-electron chi connectivity index (χ1n) is 9.26. The predicted octanol–water partition coefficient (Wildman–Crippen LogP) is 1.98. The molecule has 2 rings (SSSR count). The molecule has 2 atom stereocenters. The molecule has 10 heteroatoms. The van der Waals surface area contributed by atoms with E-state index in [1.54, 1.807) is 12.5 Å². The highest BCUT2D eigenvalue weighted by molar-refractivity contribution is 8.32. The minimum absolute atomic E-state index is 0.00250. The molecule has 29 heavy (non-hydrogen) atoms. The Hall–Kier alpha value is -1.39. The van der Waals surface area contributed by atoms with Crippen LogP contribution < -0.4 is 0 Å². The second-order valence-corrected chi connectivity index (χ2v) is 13.8. The minimum atomic E-state index is -4.02. The van der Waals surface area contributed by atoms with Crippen LogP contribution in [-0.2, 0) is 37.6 Å². The number of fused-ring (bicyclic) bond motifs is 2. The van der Waals surface area contributed by atoms with Gasteiger partial charge in [-0.25, -0.2) is 13.2 Å². The number of hydrogen-bond acceptors (Lipinski definition) is 8. The lowest BCUT2D eigenvalue weighted by Crippen LogP contribution is -2.42. The maximum atomic E-state index is 12.9. The standard InChI is InChI=1S/C19H30O8S2/c1-18(2)13-7-9-19(18,15(20)11-13)12-29(23,24)27-28(5,6)10-8-14(16(21)25-3)17(22)26-4/h8,13H,7,9-12H2,1-6H3. The molecule has 2 bridgehead atoms. The summed E-state index contributed by atoms with van der Waals surface area (Å²) in [5.74, 6) is -1.86. The van der Waals surface area contributed by atoms with Gasteiger partial charge in [-0.2, -0.15) is 8.42 Å². The minimum Gasteiger partial charge on any atom is -0.465 e. The van der Waals surface area contributed by atoms with E-state index in [4.69, 9.17) is 3.63 Å². The zero-order valence-electron chi connectivity index (χ0n) is 17.8. The summed E-state index contributed by atoms with van der Waals surface area (Å²) in [6.07, 6.45) is 6.32. The number of carbonyl (C=O) groups is 3. The number of ether oxygens (including phenoxy) is 2. The number of esters is 2. The van der Waals surface area contributed by atoms with Crippen LogP contribution in [0.1, 0.15) is 33.1 Å². The van der Waals surface area contributed by atoms with Crippen LogP contribution in [0.3, 0.4) is 0 Å². The lowest BCUT2D eigenvalue weighted by atomic mass is 9.70. The fraction of sp³-hybridized carbons (Fsp3) is 0.737. The Morgan fingerprint density at radius 3 is 2.10 bits per heavy atom. The van der Waals surface area contributed by atoms with Crippen molar-refractivity contribution >= 4 is 38.1 Å². The van der Waals surface area contributed by atoms with Crippen LogP contribution >= 0.6 is 10.3 Å². The van der Waals surface area contributed by atoms with E-state index in [2.05, 4.69) is 9.47 Å². The molecule has 0 aromatic carbocycles. The summed E-state index contributed by atoms with van der Waals surface area (Å²) in [7, 11) is -3.98. The second kappa shape index (κ2) is 8.03. The van der Waals surface area contributed by atoms with Crippen LogP contribution in [0, 0.1) is 16.7 Å². The summed E-state index contributed by atoms with van der Waals surface area (Å²) < 4.78 is 40.4. The van der Waals surface area contributed by atoms with E-state index in [0.717, 1.165) is 20.6 Å². The van der Waals surface area contributed by atoms with Crippen LogP contribution in [0.15, 0.2) is 11.6 Å². The smallest absolute Gasteiger partial charge is 0.344 e. The fourth-order valence-corrected chi connectivity index (χ4v) is 9.01. The van der Waals surface area contributed by atoms with Gasteiger partial charge >= 0.3 is 11.9 Å². The summed E-state index contributed by atoms with van der Waals surface area (Å²) in [5, 5.41) is 0. The molecule has 0 heterocycles. The van der Waals surface area contributed by atoms with E-state index >= 15 is 0 Å². The Balaban J connectivity index is 2.18. The van der Waals surface area contributed by atoms with Gasteiger partial charge in [-0.15, -0.1) is 10.3 Å². The summed E-state index contributed by atoms with van der Waals surface area (Å²) >= 11 is 0. The maximum Gasteiger partial charge on any atom is 0.344 e. The molecule has 2 aliphatic rings. The lowest BCUT2D eigenvalue weighted by Gasteiger charge is -2.37. The molecule has 0 aliphatic heterocycles. The van der Waals surface area contributed by atoms with Crippen molar-refractivity contribution in [3.63, 3.8) is 0 Å². The van der Waals surface area contributed by atoms with E-state index in [9.17, 15) is 22.8 Å². The van der Waals surface area contributed by atoms with Gasteiger partial charge in [0.25, 0.3) is 10.1 Å². The highest BCUT2D eigenvalue weighted by atomic mass is 32.3. The number of hydrogen-bond donors (Lipinski definition) is 0. The first-order chi connectivity index (χ1) is 13.2.